The van der Waals surface area contributed by atoms with Crippen molar-refractivity contribution in [2.24, 2.45) is 5.41 Å². The lowest BCUT2D eigenvalue weighted by atomic mass is 9.41. The fourth-order valence-electron chi connectivity index (χ4n) is 7.76. The SMILES string of the molecule is COc1cccc2c1NC13CCC4(CCCN5CCC21C54)CC3O. The number of piperidine rings is 1. The summed E-state index contributed by atoms with van der Waals surface area (Å²) in [6.07, 6.45) is 6.83. The van der Waals surface area contributed by atoms with Gasteiger partial charge < -0.3 is 15.2 Å². The van der Waals surface area contributed by atoms with Gasteiger partial charge in [-0.05, 0) is 68.7 Å². The summed E-state index contributed by atoms with van der Waals surface area (Å²) in [5.74, 6) is 0.935. The first-order chi connectivity index (χ1) is 11.7. The molecule has 24 heavy (non-hydrogen) atoms. The molecule has 0 amide bonds. The van der Waals surface area contributed by atoms with Crippen molar-refractivity contribution in [3.05, 3.63) is 23.8 Å². The molecule has 4 heteroatoms. The highest BCUT2D eigenvalue weighted by Gasteiger charge is 2.78. The van der Waals surface area contributed by atoms with E-state index in [9.17, 15) is 5.11 Å². The summed E-state index contributed by atoms with van der Waals surface area (Å²) in [5.41, 5.74) is 2.76. The van der Waals surface area contributed by atoms with E-state index in [0.717, 1.165) is 24.3 Å². The molecule has 3 saturated carbocycles. The summed E-state index contributed by atoms with van der Waals surface area (Å²) < 4.78 is 5.68. The van der Waals surface area contributed by atoms with E-state index in [1.807, 2.05) is 0 Å². The Morgan fingerprint density at radius 3 is 2.96 bits per heavy atom. The Bertz CT molecular complexity index is 736. The summed E-state index contributed by atoms with van der Waals surface area (Å²) in [4.78, 5) is 2.76. The molecule has 2 N–H and O–H groups in total. The van der Waals surface area contributed by atoms with Crippen molar-refractivity contribution in [2.45, 2.75) is 61.6 Å². The quantitative estimate of drug-likeness (QED) is 0.832. The molecule has 0 aromatic heterocycles. The van der Waals surface area contributed by atoms with Crippen LogP contribution in [0.25, 0.3) is 0 Å². The smallest absolute Gasteiger partial charge is 0.142 e. The van der Waals surface area contributed by atoms with E-state index in [2.05, 4.69) is 28.4 Å². The molecular formula is C20H26N2O2. The lowest BCUT2D eigenvalue weighted by molar-refractivity contribution is -0.155. The van der Waals surface area contributed by atoms with Crippen LogP contribution in [0.15, 0.2) is 18.2 Å². The minimum absolute atomic E-state index is 0.0627. The van der Waals surface area contributed by atoms with Crippen molar-refractivity contribution in [3.8, 4) is 5.75 Å². The standard InChI is InChI=1S/C20H26N2O2/c1-24-14-5-2-4-13-16(14)21-20-8-7-18(12-15(20)23)6-3-10-22-11-9-19(13,20)17(18)22/h2,4-5,15,17,21,23H,3,6-12H2,1H3. The van der Waals surface area contributed by atoms with Crippen LogP contribution in [0.5, 0.6) is 5.75 Å². The number of nitrogens with one attached hydrogen (secondary N) is 1. The number of ether oxygens (including phenoxy) is 1. The molecule has 3 aliphatic heterocycles. The van der Waals surface area contributed by atoms with Gasteiger partial charge in [0.05, 0.1) is 24.4 Å². The number of aliphatic hydroxyl groups excluding tert-OH is 1. The molecule has 2 bridgehead atoms. The van der Waals surface area contributed by atoms with Gasteiger partial charge in [-0.25, -0.2) is 0 Å². The maximum absolute atomic E-state index is 11.3. The third kappa shape index (κ3) is 1.21. The van der Waals surface area contributed by atoms with Crippen LogP contribution in [0.4, 0.5) is 5.69 Å². The average molecular weight is 326 g/mol. The van der Waals surface area contributed by atoms with Crippen LogP contribution in [-0.2, 0) is 5.41 Å². The van der Waals surface area contributed by atoms with Gasteiger partial charge in [-0.3, -0.25) is 4.90 Å². The second-order valence-electron chi connectivity index (χ2n) is 8.82. The molecule has 3 heterocycles. The predicted octanol–water partition coefficient (Wildman–Crippen LogP) is 2.51. The van der Waals surface area contributed by atoms with E-state index in [0.29, 0.717) is 11.5 Å². The highest BCUT2D eigenvalue weighted by molar-refractivity contribution is 5.74. The zero-order valence-corrected chi connectivity index (χ0v) is 14.3. The number of para-hydroxylation sites is 1. The molecule has 5 fully saturated rings. The van der Waals surface area contributed by atoms with Gasteiger partial charge in [0.25, 0.3) is 0 Å². The van der Waals surface area contributed by atoms with E-state index >= 15 is 0 Å². The van der Waals surface area contributed by atoms with Gasteiger partial charge in [0, 0.05) is 11.5 Å². The molecule has 4 nitrogen and oxygen atoms in total. The molecule has 2 saturated heterocycles. The summed E-state index contributed by atoms with van der Waals surface area (Å²) in [7, 11) is 1.76. The Balaban J connectivity index is 1.66. The van der Waals surface area contributed by atoms with Gasteiger partial charge in [-0.2, -0.15) is 0 Å². The molecule has 6 aliphatic rings. The summed E-state index contributed by atoms with van der Waals surface area (Å²) in [6.45, 7) is 2.42. The van der Waals surface area contributed by atoms with Gasteiger partial charge in [0.1, 0.15) is 5.75 Å². The van der Waals surface area contributed by atoms with Crippen molar-refractivity contribution in [3.63, 3.8) is 0 Å². The maximum atomic E-state index is 11.3. The first-order valence-corrected chi connectivity index (χ1v) is 9.55. The number of hydrogen-bond donors (Lipinski definition) is 2. The molecule has 3 spiro atoms. The van der Waals surface area contributed by atoms with Crippen molar-refractivity contribution < 1.29 is 9.84 Å². The summed E-state index contributed by atoms with van der Waals surface area (Å²) in [6, 6.07) is 7.09. The third-order valence-corrected chi connectivity index (χ3v) is 8.38. The van der Waals surface area contributed by atoms with Gasteiger partial charge in [0.2, 0.25) is 0 Å². The molecule has 0 radical (unpaired) electrons. The van der Waals surface area contributed by atoms with Crippen LogP contribution < -0.4 is 10.1 Å². The van der Waals surface area contributed by atoms with Crippen LogP contribution in [0, 0.1) is 5.41 Å². The minimum atomic E-state index is -0.252. The Kier molecular flexibility index (Phi) is 2.39. The fourth-order valence-corrected chi connectivity index (χ4v) is 7.76. The number of rotatable bonds is 1. The largest absolute Gasteiger partial charge is 0.495 e. The van der Waals surface area contributed by atoms with Gasteiger partial charge in [0.15, 0.2) is 0 Å². The number of aliphatic hydroxyl groups is 1. The molecule has 5 unspecified atom stereocenters. The van der Waals surface area contributed by atoms with E-state index in [-0.39, 0.29) is 17.1 Å². The number of fused-ring (bicyclic) bond motifs is 3. The Morgan fingerprint density at radius 2 is 2.12 bits per heavy atom. The van der Waals surface area contributed by atoms with Crippen LogP contribution in [0.3, 0.4) is 0 Å². The Morgan fingerprint density at radius 1 is 1.21 bits per heavy atom. The lowest BCUT2D eigenvalue weighted by Gasteiger charge is -2.68. The minimum Gasteiger partial charge on any atom is -0.495 e. The number of hydrogen-bond acceptors (Lipinski definition) is 4. The molecule has 128 valence electrons. The second kappa shape index (κ2) is 4.10. The highest BCUT2D eigenvalue weighted by Crippen LogP contribution is 2.73. The van der Waals surface area contributed by atoms with Crippen LogP contribution in [-0.4, -0.2) is 47.9 Å². The molecule has 5 atom stereocenters. The van der Waals surface area contributed by atoms with E-state index in [1.54, 1.807) is 7.11 Å². The molecule has 7 rings (SSSR count). The molecule has 3 aliphatic carbocycles. The first kappa shape index (κ1) is 14.0. The van der Waals surface area contributed by atoms with Crippen LogP contribution in [0.2, 0.25) is 0 Å². The van der Waals surface area contributed by atoms with Crippen molar-refractivity contribution >= 4 is 5.69 Å². The van der Waals surface area contributed by atoms with E-state index in [1.165, 1.54) is 44.3 Å². The zero-order chi connectivity index (χ0) is 16.2. The topological polar surface area (TPSA) is 44.7 Å². The number of nitrogens with zero attached hydrogens (tertiary/aromatic N) is 1. The van der Waals surface area contributed by atoms with Crippen molar-refractivity contribution in [1.82, 2.24) is 4.90 Å². The fraction of sp³-hybridized carbons (Fsp3) is 0.700. The zero-order valence-electron chi connectivity index (χ0n) is 14.3. The van der Waals surface area contributed by atoms with Crippen molar-refractivity contribution in [2.75, 3.05) is 25.5 Å². The normalized spacial score (nSPS) is 47.8. The highest BCUT2D eigenvalue weighted by atomic mass is 16.5. The monoisotopic (exact) mass is 326 g/mol. The second-order valence-corrected chi connectivity index (χ2v) is 8.82. The average Bonchev–Trinajstić information content (AvgIpc) is 3.14. The number of benzene rings is 1. The summed E-state index contributed by atoms with van der Waals surface area (Å²) in [5, 5.41) is 15.2. The molecular weight excluding hydrogens is 300 g/mol. The third-order valence-electron chi connectivity index (χ3n) is 8.38. The van der Waals surface area contributed by atoms with E-state index in [4.69, 9.17) is 4.74 Å². The molecule has 1 aromatic rings. The van der Waals surface area contributed by atoms with Gasteiger partial charge in [-0.1, -0.05) is 12.1 Å². The maximum Gasteiger partial charge on any atom is 0.142 e. The Labute approximate surface area is 143 Å². The van der Waals surface area contributed by atoms with Gasteiger partial charge >= 0.3 is 0 Å². The van der Waals surface area contributed by atoms with Crippen LogP contribution >= 0.6 is 0 Å². The first-order valence-electron chi connectivity index (χ1n) is 9.55. The molecule has 1 aromatic carbocycles. The van der Waals surface area contributed by atoms with Crippen LogP contribution in [0.1, 0.15) is 44.1 Å². The Hall–Kier alpha value is -1.26. The van der Waals surface area contributed by atoms with E-state index < -0.39 is 0 Å². The van der Waals surface area contributed by atoms with Gasteiger partial charge in [-0.15, -0.1) is 0 Å². The summed E-state index contributed by atoms with van der Waals surface area (Å²) >= 11 is 0. The van der Waals surface area contributed by atoms with Crippen molar-refractivity contribution in [1.29, 1.82) is 0 Å². The lowest BCUT2D eigenvalue weighted by Crippen LogP contribution is -2.77. The number of methoxy groups -OCH3 is 1. The number of anilines is 1. The predicted molar refractivity (Wildman–Crippen MR) is 92.5 cm³/mol.